The number of carbonyl (C=O) groups is 1. The van der Waals surface area contributed by atoms with Gasteiger partial charge < -0.3 is 5.32 Å². The first-order valence-corrected chi connectivity index (χ1v) is 6.22. The van der Waals surface area contributed by atoms with Crippen LogP contribution in [-0.4, -0.2) is 15.8 Å². The Hall–Kier alpha value is -2.01. The molecule has 1 heterocycles. The highest BCUT2D eigenvalue weighted by Crippen LogP contribution is 2.10. The summed E-state index contributed by atoms with van der Waals surface area (Å²) in [4.78, 5) is 11.7. The number of urea groups is 1. The van der Waals surface area contributed by atoms with Gasteiger partial charge in [0.2, 0.25) is 0 Å². The SMILES string of the molecule is Cc1cc(NC(=O)NCc2cccc(Cl)c2)nn1C. The first kappa shape index (κ1) is 13.4. The van der Waals surface area contributed by atoms with E-state index in [9.17, 15) is 4.79 Å². The van der Waals surface area contributed by atoms with Gasteiger partial charge in [0.25, 0.3) is 0 Å². The van der Waals surface area contributed by atoms with Gasteiger partial charge >= 0.3 is 6.03 Å². The number of anilines is 1. The lowest BCUT2D eigenvalue weighted by Gasteiger charge is -2.05. The molecule has 19 heavy (non-hydrogen) atoms. The van der Waals surface area contributed by atoms with E-state index in [2.05, 4.69) is 15.7 Å². The number of nitrogens with one attached hydrogen (secondary N) is 2. The van der Waals surface area contributed by atoms with E-state index in [-0.39, 0.29) is 6.03 Å². The van der Waals surface area contributed by atoms with E-state index < -0.39 is 0 Å². The lowest BCUT2D eigenvalue weighted by Crippen LogP contribution is -2.28. The molecule has 2 amide bonds. The number of aromatic nitrogens is 2. The van der Waals surface area contributed by atoms with Gasteiger partial charge in [0.1, 0.15) is 0 Å². The number of aryl methyl sites for hydroxylation is 2. The Morgan fingerprint density at radius 1 is 1.42 bits per heavy atom. The third-order valence-corrected chi connectivity index (χ3v) is 2.93. The molecule has 0 aliphatic heterocycles. The summed E-state index contributed by atoms with van der Waals surface area (Å²) < 4.78 is 1.70. The van der Waals surface area contributed by atoms with Crippen LogP contribution in [0.5, 0.6) is 0 Å². The minimum Gasteiger partial charge on any atom is -0.334 e. The fourth-order valence-corrected chi connectivity index (χ4v) is 1.82. The zero-order chi connectivity index (χ0) is 13.8. The summed E-state index contributed by atoms with van der Waals surface area (Å²) >= 11 is 5.87. The summed E-state index contributed by atoms with van der Waals surface area (Å²) in [5, 5.41) is 10.2. The number of benzene rings is 1. The normalized spacial score (nSPS) is 10.3. The quantitative estimate of drug-likeness (QED) is 0.907. The van der Waals surface area contributed by atoms with Crippen molar-refractivity contribution in [3.8, 4) is 0 Å². The highest BCUT2D eigenvalue weighted by atomic mass is 35.5. The standard InChI is InChI=1S/C13H15ClN4O/c1-9-6-12(17-18(9)2)16-13(19)15-8-10-4-3-5-11(14)7-10/h3-7H,8H2,1-2H3,(H2,15,16,17,19). The zero-order valence-corrected chi connectivity index (χ0v) is 11.5. The summed E-state index contributed by atoms with van der Waals surface area (Å²) in [7, 11) is 1.82. The Balaban J connectivity index is 1.88. The van der Waals surface area contributed by atoms with Crippen molar-refractivity contribution in [3.63, 3.8) is 0 Å². The van der Waals surface area contributed by atoms with E-state index in [1.807, 2.05) is 32.2 Å². The first-order valence-electron chi connectivity index (χ1n) is 5.84. The van der Waals surface area contributed by atoms with Crippen molar-refractivity contribution >= 4 is 23.4 Å². The van der Waals surface area contributed by atoms with Crippen molar-refractivity contribution in [1.82, 2.24) is 15.1 Å². The van der Waals surface area contributed by atoms with Crippen LogP contribution in [0.3, 0.4) is 0 Å². The molecule has 0 spiro atoms. The predicted molar refractivity (Wildman–Crippen MR) is 75.3 cm³/mol. The van der Waals surface area contributed by atoms with Crippen molar-refractivity contribution in [2.75, 3.05) is 5.32 Å². The summed E-state index contributed by atoms with van der Waals surface area (Å²) in [6.07, 6.45) is 0. The van der Waals surface area contributed by atoms with Crippen molar-refractivity contribution in [1.29, 1.82) is 0 Å². The fraction of sp³-hybridized carbons (Fsp3) is 0.231. The van der Waals surface area contributed by atoms with E-state index in [0.717, 1.165) is 11.3 Å². The first-order chi connectivity index (χ1) is 9.04. The van der Waals surface area contributed by atoms with Gasteiger partial charge in [-0.25, -0.2) is 4.79 Å². The van der Waals surface area contributed by atoms with E-state index in [1.54, 1.807) is 16.8 Å². The Kier molecular flexibility index (Phi) is 4.06. The van der Waals surface area contributed by atoms with Gasteiger partial charge in [-0.05, 0) is 24.6 Å². The molecule has 2 aromatic rings. The lowest BCUT2D eigenvalue weighted by molar-refractivity contribution is 0.251. The molecule has 0 atom stereocenters. The molecule has 2 rings (SSSR count). The summed E-state index contributed by atoms with van der Waals surface area (Å²) in [5.74, 6) is 0.531. The zero-order valence-electron chi connectivity index (χ0n) is 10.8. The monoisotopic (exact) mass is 278 g/mol. The van der Waals surface area contributed by atoms with Crippen LogP contribution in [0.1, 0.15) is 11.3 Å². The van der Waals surface area contributed by atoms with Gasteiger partial charge in [-0.15, -0.1) is 0 Å². The van der Waals surface area contributed by atoms with Crippen LogP contribution >= 0.6 is 11.6 Å². The van der Waals surface area contributed by atoms with E-state index in [0.29, 0.717) is 17.4 Å². The summed E-state index contributed by atoms with van der Waals surface area (Å²) in [5.41, 5.74) is 1.92. The highest BCUT2D eigenvalue weighted by Gasteiger charge is 2.05. The molecule has 100 valence electrons. The average molecular weight is 279 g/mol. The largest absolute Gasteiger partial charge is 0.334 e. The minimum absolute atomic E-state index is 0.293. The van der Waals surface area contributed by atoms with Crippen LogP contribution in [0.4, 0.5) is 10.6 Å². The lowest BCUT2D eigenvalue weighted by atomic mass is 10.2. The highest BCUT2D eigenvalue weighted by molar-refractivity contribution is 6.30. The van der Waals surface area contributed by atoms with Gasteiger partial charge in [0.15, 0.2) is 5.82 Å². The third kappa shape index (κ3) is 3.72. The smallest absolute Gasteiger partial charge is 0.320 e. The number of amides is 2. The molecule has 5 nitrogen and oxygen atoms in total. The van der Waals surface area contributed by atoms with Crippen LogP contribution in [0.15, 0.2) is 30.3 Å². The molecular weight excluding hydrogens is 264 g/mol. The molecule has 0 saturated heterocycles. The van der Waals surface area contributed by atoms with Gasteiger partial charge in [-0.2, -0.15) is 5.10 Å². The number of hydrogen-bond donors (Lipinski definition) is 2. The number of carbonyl (C=O) groups excluding carboxylic acids is 1. The van der Waals surface area contributed by atoms with Gasteiger partial charge in [-0.3, -0.25) is 10.00 Å². The molecule has 0 aliphatic carbocycles. The molecule has 0 unspecified atom stereocenters. The second kappa shape index (κ2) is 5.75. The van der Waals surface area contributed by atoms with Crippen molar-refractivity contribution in [2.45, 2.75) is 13.5 Å². The van der Waals surface area contributed by atoms with Crippen LogP contribution in [-0.2, 0) is 13.6 Å². The maximum atomic E-state index is 11.7. The van der Waals surface area contributed by atoms with Crippen LogP contribution in [0.2, 0.25) is 5.02 Å². The number of nitrogens with zero attached hydrogens (tertiary/aromatic N) is 2. The number of hydrogen-bond acceptors (Lipinski definition) is 2. The maximum absolute atomic E-state index is 11.7. The van der Waals surface area contributed by atoms with E-state index in [1.165, 1.54) is 0 Å². The second-order valence-electron chi connectivity index (χ2n) is 4.23. The van der Waals surface area contributed by atoms with Gasteiger partial charge in [-0.1, -0.05) is 23.7 Å². The molecule has 0 radical (unpaired) electrons. The molecule has 0 aliphatic rings. The van der Waals surface area contributed by atoms with E-state index in [4.69, 9.17) is 11.6 Å². The summed E-state index contributed by atoms with van der Waals surface area (Å²) in [6, 6.07) is 8.86. The number of halogens is 1. The molecule has 0 bridgehead atoms. The maximum Gasteiger partial charge on any atom is 0.320 e. The van der Waals surface area contributed by atoms with Crippen molar-refractivity contribution in [2.24, 2.45) is 7.05 Å². The Bertz CT molecular complexity index is 575. The molecule has 0 fully saturated rings. The third-order valence-electron chi connectivity index (χ3n) is 2.70. The van der Waals surface area contributed by atoms with Crippen LogP contribution in [0.25, 0.3) is 0 Å². The molecule has 2 N–H and O–H groups in total. The number of rotatable bonds is 3. The Labute approximate surface area is 116 Å². The topological polar surface area (TPSA) is 59.0 Å². The predicted octanol–water partition coefficient (Wildman–Crippen LogP) is 2.70. The second-order valence-corrected chi connectivity index (χ2v) is 4.67. The van der Waals surface area contributed by atoms with Crippen molar-refractivity contribution < 1.29 is 4.79 Å². The van der Waals surface area contributed by atoms with Crippen LogP contribution in [0, 0.1) is 6.92 Å². The molecule has 1 aromatic heterocycles. The average Bonchev–Trinajstić information content (AvgIpc) is 2.66. The molecule has 0 saturated carbocycles. The van der Waals surface area contributed by atoms with Gasteiger partial charge in [0.05, 0.1) is 0 Å². The van der Waals surface area contributed by atoms with Crippen molar-refractivity contribution in [3.05, 3.63) is 46.6 Å². The Morgan fingerprint density at radius 3 is 2.84 bits per heavy atom. The molecule has 1 aromatic carbocycles. The summed E-state index contributed by atoms with van der Waals surface area (Å²) in [6.45, 7) is 2.33. The van der Waals surface area contributed by atoms with Crippen LogP contribution < -0.4 is 10.6 Å². The van der Waals surface area contributed by atoms with E-state index >= 15 is 0 Å². The molecule has 6 heteroatoms. The fourth-order valence-electron chi connectivity index (χ4n) is 1.61. The molecular formula is C13H15ClN4O. The Morgan fingerprint density at radius 2 is 2.21 bits per heavy atom. The minimum atomic E-state index is -0.293. The van der Waals surface area contributed by atoms with Gasteiger partial charge in [0, 0.05) is 30.4 Å².